The Morgan fingerprint density at radius 3 is 2.65 bits per heavy atom. The Kier molecular flexibility index (Phi) is 4.90. The van der Waals surface area contributed by atoms with E-state index in [4.69, 9.17) is 5.10 Å². The summed E-state index contributed by atoms with van der Waals surface area (Å²) in [5, 5.41) is 7.89. The molecule has 2 aromatic heterocycles. The van der Waals surface area contributed by atoms with Crippen LogP contribution in [0.25, 0.3) is 11.4 Å². The number of nitrogens with one attached hydrogen (secondary N) is 1. The summed E-state index contributed by atoms with van der Waals surface area (Å²) < 4.78 is 3.92. The van der Waals surface area contributed by atoms with Gasteiger partial charge in [-0.3, -0.25) is 4.79 Å². The molecule has 1 atom stereocenters. The summed E-state index contributed by atoms with van der Waals surface area (Å²) >= 11 is 0. The fourth-order valence-electron chi connectivity index (χ4n) is 4.32. The molecule has 6 nitrogen and oxygen atoms in total. The van der Waals surface area contributed by atoms with Gasteiger partial charge in [0, 0.05) is 29.3 Å². The molecule has 1 aliphatic rings. The van der Waals surface area contributed by atoms with Crippen molar-refractivity contribution >= 4 is 5.91 Å². The predicted molar refractivity (Wildman–Crippen MR) is 120 cm³/mol. The standard InChI is InChI=1S/C25H25N5O/c1-17-6-3-4-8-22(17)30-23-9-5-7-21(23)24(28-30)25(31)27-18(2)19-10-12-20(13-11-19)29-15-14-26-16-29/h3-4,6,8,10-16,18H,5,7,9H2,1-2H3,(H,27,31). The maximum atomic E-state index is 13.2. The van der Waals surface area contributed by atoms with Crippen LogP contribution in [0.3, 0.4) is 0 Å². The lowest BCUT2D eigenvalue weighted by atomic mass is 10.1. The third kappa shape index (κ3) is 3.54. The van der Waals surface area contributed by atoms with Crippen LogP contribution < -0.4 is 5.32 Å². The Bertz CT molecular complexity index is 1220. The van der Waals surface area contributed by atoms with Crippen molar-refractivity contribution in [1.29, 1.82) is 0 Å². The van der Waals surface area contributed by atoms with Gasteiger partial charge in [-0.2, -0.15) is 5.10 Å². The van der Waals surface area contributed by atoms with Crippen LogP contribution in [0, 0.1) is 6.92 Å². The molecule has 2 heterocycles. The van der Waals surface area contributed by atoms with Crippen molar-refractivity contribution in [1.82, 2.24) is 24.6 Å². The number of rotatable bonds is 5. The lowest BCUT2D eigenvalue weighted by Gasteiger charge is -2.15. The van der Waals surface area contributed by atoms with E-state index in [2.05, 4.69) is 29.4 Å². The molecule has 1 N–H and O–H groups in total. The highest BCUT2D eigenvalue weighted by Crippen LogP contribution is 2.29. The lowest BCUT2D eigenvalue weighted by molar-refractivity contribution is 0.0933. The Balaban J connectivity index is 1.38. The molecular formula is C25H25N5O. The van der Waals surface area contributed by atoms with Crippen LogP contribution in [0.4, 0.5) is 0 Å². The molecule has 0 radical (unpaired) electrons. The van der Waals surface area contributed by atoms with Crippen molar-refractivity contribution in [2.75, 3.05) is 0 Å². The van der Waals surface area contributed by atoms with Gasteiger partial charge in [0.1, 0.15) is 0 Å². The number of fused-ring (bicyclic) bond motifs is 1. The van der Waals surface area contributed by atoms with Crippen LogP contribution >= 0.6 is 0 Å². The molecular weight excluding hydrogens is 386 g/mol. The van der Waals surface area contributed by atoms with Crippen LogP contribution in [-0.2, 0) is 12.8 Å². The molecule has 0 bridgehead atoms. The van der Waals surface area contributed by atoms with E-state index in [1.165, 1.54) is 0 Å². The third-order valence-electron chi connectivity index (χ3n) is 6.03. The summed E-state index contributed by atoms with van der Waals surface area (Å²) in [6.45, 7) is 4.08. The first kappa shape index (κ1) is 19.3. The first-order valence-electron chi connectivity index (χ1n) is 10.7. The molecule has 0 fully saturated rings. The largest absolute Gasteiger partial charge is 0.344 e. The number of carbonyl (C=O) groups excluding carboxylic acids is 1. The van der Waals surface area contributed by atoms with E-state index in [9.17, 15) is 4.79 Å². The number of hydrogen-bond donors (Lipinski definition) is 1. The van der Waals surface area contributed by atoms with Crippen molar-refractivity contribution < 1.29 is 4.79 Å². The highest BCUT2D eigenvalue weighted by Gasteiger charge is 2.28. The van der Waals surface area contributed by atoms with Crippen LogP contribution in [0.1, 0.15) is 52.3 Å². The van der Waals surface area contributed by atoms with E-state index in [0.29, 0.717) is 5.69 Å². The minimum absolute atomic E-state index is 0.114. The van der Waals surface area contributed by atoms with E-state index in [1.807, 2.05) is 58.8 Å². The summed E-state index contributed by atoms with van der Waals surface area (Å²) in [5.41, 5.74) is 7.08. The summed E-state index contributed by atoms with van der Waals surface area (Å²) in [4.78, 5) is 17.3. The summed E-state index contributed by atoms with van der Waals surface area (Å²) in [6, 6.07) is 16.2. The highest BCUT2D eigenvalue weighted by atomic mass is 16.2. The SMILES string of the molecule is Cc1ccccc1-n1nc(C(=O)NC(C)c2ccc(-n3ccnc3)cc2)c2c1CCC2. The zero-order valence-corrected chi connectivity index (χ0v) is 17.7. The minimum atomic E-state index is -0.120. The highest BCUT2D eigenvalue weighted by molar-refractivity contribution is 5.94. The second-order valence-corrected chi connectivity index (χ2v) is 8.08. The van der Waals surface area contributed by atoms with E-state index in [-0.39, 0.29) is 11.9 Å². The van der Waals surface area contributed by atoms with E-state index in [0.717, 1.165) is 53.0 Å². The van der Waals surface area contributed by atoms with Crippen molar-refractivity contribution in [3.63, 3.8) is 0 Å². The maximum Gasteiger partial charge on any atom is 0.272 e. The van der Waals surface area contributed by atoms with Gasteiger partial charge in [-0.1, -0.05) is 30.3 Å². The predicted octanol–water partition coefficient (Wildman–Crippen LogP) is 4.35. The number of imidazole rings is 1. The summed E-state index contributed by atoms with van der Waals surface area (Å²) in [7, 11) is 0. The Morgan fingerprint density at radius 2 is 1.90 bits per heavy atom. The van der Waals surface area contributed by atoms with Gasteiger partial charge in [-0.05, 0) is 62.4 Å². The smallest absolute Gasteiger partial charge is 0.272 e. The number of hydrogen-bond acceptors (Lipinski definition) is 3. The molecule has 4 aromatic rings. The van der Waals surface area contributed by atoms with Crippen molar-refractivity contribution in [2.24, 2.45) is 0 Å². The van der Waals surface area contributed by atoms with E-state index >= 15 is 0 Å². The molecule has 1 aliphatic carbocycles. The summed E-state index contributed by atoms with van der Waals surface area (Å²) in [5.74, 6) is -0.114. The maximum absolute atomic E-state index is 13.2. The van der Waals surface area contributed by atoms with Gasteiger partial charge < -0.3 is 9.88 Å². The average Bonchev–Trinajstić information content (AvgIpc) is 3.52. The molecule has 0 spiro atoms. The van der Waals surface area contributed by atoms with Gasteiger partial charge in [0.15, 0.2) is 5.69 Å². The van der Waals surface area contributed by atoms with E-state index < -0.39 is 0 Å². The van der Waals surface area contributed by atoms with Gasteiger partial charge in [-0.25, -0.2) is 9.67 Å². The Hall–Kier alpha value is -3.67. The van der Waals surface area contributed by atoms with Gasteiger partial charge in [-0.15, -0.1) is 0 Å². The number of carbonyl (C=O) groups is 1. The number of nitrogens with zero attached hydrogens (tertiary/aromatic N) is 4. The van der Waals surface area contributed by atoms with Gasteiger partial charge >= 0.3 is 0 Å². The molecule has 156 valence electrons. The van der Waals surface area contributed by atoms with Crippen molar-refractivity contribution in [3.05, 3.63) is 95.3 Å². The number of para-hydroxylation sites is 1. The van der Waals surface area contributed by atoms with Gasteiger partial charge in [0.25, 0.3) is 5.91 Å². The normalized spacial score (nSPS) is 13.7. The fourth-order valence-corrected chi connectivity index (χ4v) is 4.32. The summed E-state index contributed by atoms with van der Waals surface area (Å²) in [6.07, 6.45) is 8.35. The first-order valence-corrected chi connectivity index (χ1v) is 10.7. The van der Waals surface area contributed by atoms with Crippen LogP contribution in [0.5, 0.6) is 0 Å². The first-order chi connectivity index (χ1) is 15.1. The number of benzene rings is 2. The number of aromatic nitrogens is 4. The van der Waals surface area contributed by atoms with E-state index in [1.54, 1.807) is 12.5 Å². The number of aryl methyl sites for hydroxylation is 1. The van der Waals surface area contributed by atoms with Crippen LogP contribution in [0.15, 0.2) is 67.3 Å². The Labute approximate surface area is 181 Å². The van der Waals surface area contributed by atoms with Crippen LogP contribution in [-0.4, -0.2) is 25.2 Å². The second-order valence-electron chi connectivity index (χ2n) is 8.08. The molecule has 6 heteroatoms. The van der Waals surface area contributed by atoms with Gasteiger partial charge in [0.05, 0.1) is 18.1 Å². The fraction of sp³-hybridized carbons (Fsp3) is 0.240. The quantitative estimate of drug-likeness (QED) is 0.531. The molecule has 31 heavy (non-hydrogen) atoms. The van der Waals surface area contributed by atoms with Crippen molar-refractivity contribution in [3.8, 4) is 11.4 Å². The molecule has 2 aromatic carbocycles. The molecule has 0 saturated carbocycles. The topological polar surface area (TPSA) is 64.7 Å². The monoisotopic (exact) mass is 411 g/mol. The zero-order chi connectivity index (χ0) is 21.4. The number of amides is 1. The van der Waals surface area contributed by atoms with Crippen LogP contribution in [0.2, 0.25) is 0 Å². The van der Waals surface area contributed by atoms with Crippen molar-refractivity contribution in [2.45, 2.75) is 39.2 Å². The average molecular weight is 412 g/mol. The molecule has 0 saturated heterocycles. The van der Waals surface area contributed by atoms with Gasteiger partial charge in [0.2, 0.25) is 0 Å². The minimum Gasteiger partial charge on any atom is -0.344 e. The Morgan fingerprint density at radius 1 is 1.10 bits per heavy atom. The molecule has 1 unspecified atom stereocenters. The molecule has 0 aliphatic heterocycles. The molecule has 1 amide bonds. The second kappa shape index (κ2) is 7.87. The lowest BCUT2D eigenvalue weighted by Crippen LogP contribution is -2.28. The molecule has 5 rings (SSSR count). The third-order valence-corrected chi connectivity index (χ3v) is 6.03. The zero-order valence-electron chi connectivity index (χ0n) is 17.7.